The zero-order chi connectivity index (χ0) is 27.5. The van der Waals surface area contributed by atoms with Gasteiger partial charge in [-0.2, -0.15) is 9.36 Å². The summed E-state index contributed by atoms with van der Waals surface area (Å²) in [7, 11) is 0. The summed E-state index contributed by atoms with van der Waals surface area (Å²) in [6, 6.07) is -0.985. The maximum atomic E-state index is 13.2. The van der Waals surface area contributed by atoms with Crippen LogP contribution in [0, 0.1) is 12.3 Å². The van der Waals surface area contributed by atoms with E-state index in [4.69, 9.17) is 17.0 Å². The molecule has 3 atom stereocenters. The second kappa shape index (κ2) is 11.4. The van der Waals surface area contributed by atoms with Gasteiger partial charge < -0.3 is 21.0 Å². The van der Waals surface area contributed by atoms with Gasteiger partial charge in [0.25, 0.3) is 11.8 Å². The first-order valence-electron chi connectivity index (χ1n) is 11.4. The molecule has 0 bridgehead atoms. The lowest BCUT2D eigenvalue weighted by atomic mass is 10.0. The number of tetrazole rings is 1. The molecule has 2 aromatic rings. The molecule has 3 aliphatic rings. The van der Waals surface area contributed by atoms with Crippen molar-refractivity contribution in [1.29, 1.82) is 0 Å². The monoisotopic (exact) mass is 588 g/mol. The Hall–Kier alpha value is -3.95. The third-order valence-electron chi connectivity index (χ3n) is 5.77. The molecular weight excluding hydrogens is 568 g/mol. The van der Waals surface area contributed by atoms with Gasteiger partial charge in [-0.15, -0.1) is 23.3 Å². The highest BCUT2D eigenvalue weighted by molar-refractivity contribution is 8.01. The largest absolute Gasteiger partial charge is 0.477 e. The smallest absolute Gasteiger partial charge is 0.352 e. The number of nitrogen functional groups attached to an aromatic ring is 1. The molecule has 4 heterocycles. The topological polar surface area (TPSA) is 204 Å². The Labute approximate surface area is 233 Å². The number of allylic oxidation sites excluding steroid dienone is 1. The number of β-lactam (4-membered cyclic amide) rings is 1. The Morgan fingerprint density at radius 1 is 1.44 bits per heavy atom. The predicted molar refractivity (Wildman–Crippen MR) is 141 cm³/mol. The van der Waals surface area contributed by atoms with Gasteiger partial charge in [-0.1, -0.05) is 28.9 Å². The van der Waals surface area contributed by atoms with Crippen LogP contribution in [-0.2, 0) is 25.8 Å². The minimum atomic E-state index is -1.25. The number of aliphatic carboxylic acids is 1. The van der Waals surface area contributed by atoms with Gasteiger partial charge in [-0.25, -0.2) is 9.48 Å². The van der Waals surface area contributed by atoms with Crippen molar-refractivity contribution in [3.8, 4) is 12.3 Å². The number of carboxylic acids is 1. The first-order valence-corrected chi connectivity index (χ1v) is 14.2. The molecule has 202 valence electrons. The number of hydrogen-bond acceptors (Lipinski definition) is 14. The van der Waals surface area contributed by atoms with E-state index < -0.39 is 29.2 Å². The molecule has 1 fully saturated rings. The number of amides is 2. The molecule has 0 spiro atoms. The van der Waals surface area contributed by atoms with Gasteiger partial charge in [-0.05, 0) is 34.9 Å². The van der Waals surface area contributed by atoms with Crippen LogP contribution < -0.4 is 11.1 Å². The van der Waals surface area contributed by atoms with E-state index in [9.17, 15) is 19.5 Å². The van der Waals surface area contributed by atoms with Crippen molar-refractivity contribution in [3.05, 3.63) is 29.2 Å². The van der Waals surface area contributed by atoms with Crippen LogP contribution in [0.5, 0.6) is 0 Å². The fourth-order valence-electron chi connectivity index (χ4n) is 3.97. The number of aromatic nitrogens is 6. The van der Waals surface area contributed by atoms with Gasteiger partial charge in [0.2, 0.25) is 16.7 Å². The summed E-state index contributed by atoms with van der Waals surface area (Å²) in [5, 5.41) is 27.7. The number of anilines is 1. The van der Waals surface area contributed by atoms with E-state index in [0.717, 1.165) is 18.0 Å². The second-order valence-corrected chi connectivity index (χ2v) is 11.1. The number of thioether (sulfide) groups is 2. The van der Waals surface area contributed by atoms with Crippen LogP contribution in [0.4, 0.5) is 5.13 Å². The summed E-state index contributed by atoms with van der Waals surface area (Å²) >= 11 is 3.43. The molecule has 5 rings (SSSR count). The number of carboxylic acid groups (broad SMARTS) is 1. The number of terminal acetylenes is 1. The molecule has 18 heteroatoms. The number of carbonyl (C=O) groups excluding carboxylic acids is 2. The van der Waals surface area contributed by atoms with Gasteiger partial charge in [0, 0.05) is 23.0 Å². The third-order valence-corrected chi connectivity index (χ3v) is 8.69. The Morgan fingerprint density at radius 3 is 2.97 bits per heavy atom. The second-order valence-electron chi connectivity index (χ2n) is 8.28. The number of carbonyl (C=O) groups is 3. The number of nitrogens with one attached hydrogen (secondary N) is 1. The Bertz CT molecular complexity index is 1440. The van der Waals surface area contributed by atoms with E-state index in [1.54, 1.807) is 0 Å². The lowest BCUT2D eigenvalue weighted by Gasteiger charge is -2.49. The minimum Gasteiger partial charge on any atom is -0.477 e. The van der Waals surface area contributed by atoms with E-state index in [1.807, 2.05) is 12.2 Å². The average molecular weight is 589 g/mol. The van der Waals surface area contributed by atoms with Crippen LogP contribution in [0.1, 0.15) is 18.7 Å². The lowest BCUT2D eigenvalue weighted by Crippen LogP contribution is -2.71. The first-order chi connectivity index (χ1) is 18.9. The van der Waals surface area contributed by atoms with Crippen LogP contribution in [0.2, 0.25) is 0 Å². The summed E-state index contributed by atoms with van der Waals surface area (Å²) in [6.45, 7) is 0.166. The third kappa shape index (κ3) is 5.46. The molecule has 2 aromatic heterocycles. The van der Waals surface area contributed by atoms with E-state index >= 15 is 0 Å². The normalized spacial score (nSPS) is 22.3. The molecule has 2 amide bonds. The molecule has 1 saturated heterocycles. The summed E-state index contributed by atoms with van der Waals surface area (Å²) in [5.74, 6) is 0.395. The highest BCUT2D eigenvalue weighted by Gasteiger charge is 2.54. The van der Waals surface area contributed by atoms with E-state index in [1.165, 1.54) is 33.1 Å². The summed E-state index contributed by atoms with van der Waals surface area (Å²) in [4.78, 5) is 49.1. The molecule has 0 aromatic carbocycles. The number of rotatable bonds is 10. The van der Waals surface area contributed by atoms with E-state index in [-0.39, 0.29) is 40.8 Å². The standard InChI is InChI=1S/C21H20N10O5S3/c1-2-7-30-21(25-28-29-30)38-9-10-8-37-18-13(17(33)31(18)14(10)19(34)35)23-16(32)12(15-24-20(22)39-27-15)26-36-11-5-3-4-6-11/h1,3,5,11,13,18H,4,6-9H2,(H,23,32)(H,34,35)(H2,22,24,27)/b26-12-/t11?,13?,18-/m1/s1. The number of fused-ring (bicyclic) bond motifs is 1. The van der Waals surface area contributed by atoms with Crippen molar-refractivity contribution in [2.24, 2.45) is 5.16 Å². The maximum absolute atomic E-state index is 13.2. The molecule has 1 aliphatic carbocycles. The molecule has 4 N–H and O–H groups in total. The van der Waals surface area contributed by atoms with Crippen molar-refractivity contribution in [2.75, 3.05) is 17.2 Å². The number of nitrogens with two attached hydrogens (primary N) is 1. The zero-order valence-corrected chi connectivity index (χ0v) is 22.4. The summed E-state index contributed by atoms with van der Waals surface area (Å²) in [6.07, 6.45) is 10.3. The van der Waals surface area contributed by atoms with Crippen LogP contribution in [0.25, 0.3) is 0 Å². The highest BCUT2D eigenvalue weighted by atomic mass is 32.2. The predicted octanol–water partition coefficient (Wildman–Crippen LogP) is -0.290. The first kappa shape index (κ1) is 26.6. The Morgan fingerprint density at radius 2 is 2.28 bits per heavy atom. The van der Waals surface area contributed by atoms with Gasteiger partial charge in [-0.3, -0.25) is 14.5 Å². The summed E-state index contributed by atoms with van der Waals surface area (Å²) in [5.41, 5.74) is 5.84. The molecule has 15 nitrogen and oxygen atoms in total. The number of hydrogen-bond donors (Lipinski definition) is 3. The molecule has 0 saturated carbocycles. The van der Waals surface area contributed by atoms with Gasteiger partial charge in [0.15, 0.2) is 5.13 Å². The van der Waals surface area contributed by atoms with E-state index in [2.05, 4.69) is 41.3 Å². The van der Waals surface area contributed by atoms with Crippen LogP contribution in [0.15, 0.2) is 33.7 Å². The highest BCUT2D eigenvalue weighted by Crippen LogP contribution is 2.41. The molecule has 2 aliphatic heterocycles. The molecule has 2 unspecified atom stereocenters. The van der Waals surface area contributed by atoms with Crippen LogP contribution >= 0.6 is 35.1 Å². The van der Waals surface area contributed by atoms with Crippen LogP contribution in [-0.4, -0.2) is 92.1 Å². The average Bonchev–Trinajstić information content (AvgIpc) is 3.69. The van der Waals surface area contributed by atoms with Crippen molar-refractivity contribution in [3.63, 3.8) is 0 Å². The molecule has 39 heavy (non-hydrogen) atoms. The fourth-order valence-corrected chi connectivity index (χ4v) is 6.77. The SMILES string of the molecule is C#CCn1nnnc1SCC1=C(C(=O)O)N2C(=O)C(NC(=O)/C(=N\OC3C=CCC3)c3nsc(N)n3)[C@H]2SC1. The summed E-state index contributed by atoms with van der Waals surface area (Å²) < 4.78 is 5.46. The van der Waals surface area contributed by atoms with Crippen molar-refractivity contribution >= 4 is 63.7 Å². The van der Waals surface area contributed by atoms with Crippen molar-refractivity contribution in [1.82, 2.24) is 39.8 Å². The maximum Gasteiger partial charge on any atom is 0.352 e. The minimum absolute atomic E-state index is 0.0329. The van der Waals surface area contributed by atoms with Gasteiger partial charge in [0.1, 0.15) is 29.8 Å². The van der Waals surface area contributed by atoms with Crippen molar-refractivity contribution in [2.45, 2.75) is 42.1 Å². The van der Waals surface area contributed by atoms with Gasteiger partial charge >= 0.3 is 5.97 Å². The molecule has 0 radical (unpaired) electrons. The van der Waals surface area contributed by atoms with Crippen molar-refractivity contribution < 1.29 is 24.3 Å². The number of oxime groups is 1. The molecular formula is C21H20N10O5S3. The van der Waals surface area contributed by atoms with Crippen LogP contribution in [0.3, 0.4) is 0 Å². The fraction of sp³-hybridized carbons (Fsp3) is 0.381. The Kier molecular flexibility index (Phi) is 7.81. The lowest BCUT2D eigenvalue weighted by molar-refractivity contribution is -0.150. The van der Waals surface area contributed by atoms with E-state index in [0.29, 0.717) is 22.9 Å². The zero-order valence-electron chi connectivity index (χ0n) is 20.0. The quantitative estimate of drug-likeness (QED) is 0.0816. The number of nitrogens with zero attached hydrogens (tertiary/aromatic N) is 8. The Balaban J connectivity index is 1.30. The van der Waals surface area contributed by atoms with Gasteiger partial charge in [0.05, 0.1) is 0 Å².